The highest BCUT2D eigenvalue weighted by atomic mass is 14.8. The SMILES string of the molecule is CCCNCc1ccccc1C.CCC[NH3+]. The maximum absolute atomic E-state index is 3.60. The summed E-state index contributed by atoms with van der Waals surface area (Å²) in [6.45, 7) is 9.63. The fraction of sp³-hybridized carbons (Fsp3) is 0.571. The van der Waals surface area contributed by atoms with Gasteiger partial charge in [-0.25, -0.2) is 0 Å². The Bertz CT molecular complexity index is 257. The molecule has 0 aromatic heterocycles. The molecule has 0 saturated carbocycles. The average Bonchev–Trinajstić information content (AvgIpc) is 2.32. The van der Waals surface area contributed by atoms with Crippen molar-refractivity contribution in [1.29, 1.82) is 0 Å². The van der Waals surface area contributed by atoms with Crippen molar-refractivity contribution in [2.24, 2.45) is 0 Å². The van der Waals surface area contributed by atoms with E-state index in [4.69, 9.17) is 0 Å². The van der Waals surface area contributed by atoms with Crippen LogP contribution in [0.2, 0.25) is 0 Å². The summed E-state index contributed by atoms with van der Waals surface area (Å²) in [6, 6.07) is 8.51. The first-order valence-corrected chi connectivity index (χ1v) is 6.30. The number of benzene rings is 1. The van der Waals surface area contributed by atoms with Crippen molar-refractivity contribution in [1.82, 2.24) is 5.32 Å². The Morgan fingerprint density at radius 1 is 1.12 bits per heavy atom. The number of hydrogen-bond acceptors (Lipinski definition) is 1. The van der Waals surface area contributed by atoms with Gasteiger partial charge in [-0.05, 0) is 37.4 Å². The van der Waals surface area contributed by atoms with E-state index in [1.54, 1.807) is 0 Å². The van der Waals surface area contributed by atoms with Gasteiger partial charge in [-0.2, -0.15) is 0 Å². The second-order valence-corrected chi connectivity index (χ2v) is 3.96. The van der Waals surface area contributed by atoms with Crippen molar-refractivity contribution in [3.8, 4) is 0 Å². The van der Waals surface area contributed by atoms with Crippen LogP contribution in [0.5, 0.6) is 0 Å². The van der Waals surface area contributed by atoms with E-state index in [2.05, 4.69) is 56.1 Å². The standard InChI is InChI=1S/C11H17N.C3H9N/c1-3-8-12-9-11-7-5-4-6-10(11)2;1-2-3-4/h4-7,12H,3,8-9H2,1-2H3;2-4H2,1H3/p+1. The predicted molar refractivity (Wildman–Crippen MR) is 71.2 cm³/mol. The molecule has 0 spiro atoms. The first-order chi connectivity index (χ1) is 7.76. The number of nitrogens with one attached hydrogen (secondary N) is 1. The molecule has 0 aliphatic heterocycles. The monoisotopic (exact) mass is 223 g/mol. The molecule has 0 aliphatic rings. The topological polar surface area (TPSA) is 39.7 Å². The quantitative estimate of drug-likeness (QED) is 0.738. The Hall–Kier alpha value is -0.860. The molecule has 0 aliphatic carbocycles. The Kier molecular flexibility index (Phi) is 10.1. The maximum atomic E-state index is 3.60. The Morgan fingerprint density at radius 3 is 2.25 bits per heavy atom. The molecular formula is C14H27N2+. The number of aryl methyl sites for hydroxylation is 1. The minimum absolute atomic E-state index is 1.00. The van der Waals surface area contributed by atoms with E-state index in [9.17, 15) is 0 Å². The average molecular weight is 223 g/mol. The lowest BCUT2D eigenvalue weighted by Gasteiger charge is -2.05. The van der Waals surface area contributed by atoms with Gasteiger partial charge in [-0.15, -0.1) is 0 Å². The van der Waals surface area contributed by atoms with Gasteiger partial charge in [-0.3, -0.25) is 0 Å². The predicted octanol–water partition coefficient (Wildman–Crippen LogP) is 2.13. The zero-order valence-corrected chi connectivity index (χ0v) is 11.1. The van der Waals surface area contributed by atoms with Crippen LogP contribution >= 0.6 is 0 Å². The third kappa shape index (κ3) is 7.43. The van der Waals surface area contributed by atoms with Crippen LogP contribution in [0.25, 0.3) is 0 Å². The summed E-state index contributed by atoms with van der Waals surface area (Å²) in [5, 5.41) is 3.39. The summed E-state index contributed by atoms with van der Waals surface area (Å²) in [6.07, 6.45) is 2.41. The molecule has 0 fully saturated rings. The zero-order valence-electron chi connectivity index (χ0n) is 11.1. The van der Waals surface area contributed by atoms with Crippen LogP contribution < -0.4 is 11.1 Å². The van der Waals surface area contributed by atoms with E-state index in [1.165, 1.54) is 24.0 Å². The molecule has 1 rings (SSSR count). The Morgan fingerprint density at radius 2 is 1.75 bits per heavy atom. The van der Waals surface area contributed by atoms with Gasteiger partial charge < -0.3 is 11.1 Å². The van der Waals surface area contributed by atoms with Gasteiger partial charge in [0.1, 0.15) is 0 Å². The Labute approximate surface area is 100 Å². The summed E-state index contributed by atoms with van der Waals surface area (Å²) < 4.78 is 0. The van der Waals surface area contributed by atoms with Crippen LogP contribution in [0.4, 0.5) is 0 Å². The third-order valence-corrected chi connectivity index (χ3v) is 2.36. The van der Waals surface area contributed by atoms with Gasteiger partial charge in [0.05, 0.1) is 6.54 Å². The van der Waals surface area contributed by atoms with E-state index in [0.717, 1.165) is 19.6 Å². The minimum Gasteiger partial charge on any atom is -0.358 e. The second-order valence-electron chi connectivity index (χ2n) is 3.96. The fourth-order valence-corrected chi connectivity index (χ4v) is 1.21. The second kappa shape index (κ2) is 10.7. The zero-order chi connectivity index (χ0) is 12.2. The molecule has 2 nitrogen and oxygen atoms in total. The van der Waals surface area contributed by atoms with Crippen molar-refractivity contribution < 1.29 is 5.73 Å². The highest BCUT2D eigenvalue weighted by molar-refractivity contribution is 5.25. The molecule has 1 aromatic carbocycles. The van der Waals surface area contributed by atoms with Crippen LogP contribution in [0, 0.1) is 6.92 Å². The summed E-state index contributed by atoms with van der Waals surface area (Å²) in [7, 11) is 0. The van der Waals surface area contributed by atoms with E-state index >= 15 is 0 Å². The number of quaternary nitrogens is 1. The molecule has 0 heterocycles. The first-order valence-electron chi connectivity index (χ1n) is 6.30. The van der Waals surface area contributed by atoms with E-state index in [0.29, 0.717) is 0 Å². The van der Waals surface area contributed by atoms with Crippen molar-refractivity contribution in [2.75, 3.05) is 13.1 Å². The molecule has 0 saturated heterocycles. The largest absolute Gasteiger partial charge is 0.358 e. The normalized spacial score (nSPS) is 9.50. The van der Waals surface area contributed by atoms with Crippen LogP contribution in [0.3, 0.4) is 0 Å². The lowest BCUT2D eigenvalue weighted by Crippen LogP contribution is -2.49. The number of hydrogen-bond donors (Lipinski definition) is 2. The van der Waals surface area contributed by atoms with Gasteiger partial charge in [0.25, 0.3) is 0 Å². The molecule has 4 N–H and O–H groups in total. The van der Waals surface area contributed by atoms with Crippen molar-refractivity contribution in [3.63, 3.8) is 0 Å². The van der Waals surface area contributed by atoms with E-state index in [1.807, 2.05) is 0 Å². The van der Waals surface area contributed by atoms with Gasteiger partial charge in [-0.1, -0.05) is 38.1 Å². The molecule has 16 heavy (non-hydrogen) atoms. The summed E-state index contributed by atoms with van der Waals surface area (Å²) in [4.78, 5) is 0. The highest BCUT2D eigenvalue weighted by Crippen LogP contribution is 2.05. The summed E-state index contributed by atoms with van der Waals surface area (Å²) in [5.74, 6) is 0. The van der Waals surface area contributed by atoms with Gasteiger partial charge in [0.2, 0.25) is 0 Å². The molecule has 2 heteroatoms. The smallest absolute Gasteiger partial charge is 0.0737 e. The number of rotatable bonds is 5. The lowest BCUT2D eigenvalue weighted by molar-refractivity contribution is -0.367. The molecule has 0 unspecified atom stereocenters. The summed E-state index contributed by atoms with van der Waals surface area (Å²) >= 11 is 0. The fourth-order valence-electron chi connectivity index (χ4n) is 1.21. The minimum atomic E-state index is 1.00. The van der Waals surface area contributed by atoms with Gasteiger partial charge >= 0.3 is 0 Å². The van der Waals surface area contributed by atoms with Crippen molar-refractivity contribution >= 4 is 0 Å². The Balaban J connectivity index is 0.000000487. The maximum Gasteiger partial charge on any atom is 0.0737 e. The van der Waals surface area contributed by atoms with Crippen LogP contribution in [-0.2, 0) is 6.54 Å². The molecule has 0 radical (unpaired) electrons. The summed E-state index contributed by atoms with van der Waals surface area (Å²) in [5.41, 5.74) is 6.39. The molecule has 0 bridgehead atoms. The van der Waals surface area contributed by atoms with Crippen molar-refractivity contribution in [2.45, 2.75) is 40.2 Å². The van der Waals surface area contributed by atoms with Gasteiger partial charge in [0.15, 0.2) is 0 Å². The van der Waals surface area contributed by atoms with Crippen molar-refractivity contribution in [3.05, 3.63) is 35.4 Å². The molecule has 0 atom stereocenters. The molecule has 1 aromatic rings. The van der Waals surface area contributed by atoms with Gasteiger partial charge in [0, 0.05) is 6.54 Å². The van der Waals surface area contributed by atoms with E-state index < -0.39 is 0 Å². The van der Waals surface area contributed by atoms with Crippen LogP contribution in [-0.4, -0.2) is 13.1 Å². The highest BCUT2D eigenvalue weighted by Gasteiger charge is 1.94. The molecule has 0 amide bonds. The third-order valence-electron chi connectivity index (χ3n) is 2.36. The molecular weight excluding hydrogens is 196 g/mol. The lowest BCUT2D eigenvalue weighted by atomic mass is 10.1. The first kappa shape index (κ1) is 15.1. The van der Waals surface area contributed by atoms with Crippen LogP contribution in [0.15, 0.2) is 24.3 Å². The van der Waals surface area contributed by atoms with Crippen LogP contribution in [0.1, 0.15) is 37.8 Å². The molecule has 92 valence electrons. The van der Waals surface area contributed by atoms with E-state index in [-0.39, 0.29) is 0 Å².